The van der Waals surface area contributed by atoms with Crippen LogP contribution in [0.1, 0.15) is 22.2 Å². The first-order valence-electron chi connectivity index (χ1n) is 6.19. The van der Waals surface area contributed by atoms with Crippen molar-refractivity contribution in [3.63, 3.8) is 0 Å². The molecule has 96 valence electrons. The van der Waals surface area contributed by atoms with Crippen LogP contribution in [0.15, 0.2) is 30.3 Å². The van der Waals surface area contributed by atoms with Crippen LogP contribution in [-0.4, -0.2) is 7.11 Å². The molecule has 0 fully saturated rings. The van der Waals surface area contributed by atoms with Gasteiger partial charge < -0.3 is 10.1 Å². The summed E-state index contributed by atoms with van der Waals surface area (Å²) >= 11 is 1.87. The number of ether oxygens (including phenoxy) is 1. The molecule has 0 aliphatic carbocycles. The van der Waals surface area contributed by atoms with Gasteiger partial charge >= 0.3 is 0 Å². The highest BCUT2D eigenvalue weighted by Gasteiger charge is 2.04. The summed E-state index contributed by atoms with van der Waals surface area (Å²) in [5.41, 5.74) is 2.26. The Bertz CT molecular complexity index is 519. The van der Waals surface area contributed by atoms with E-state index in [-0.39, 0.29) is 0 Å². The minimum Gasteiger partial charge on any atom is -0.495 e. The summed E-state index contributed by atoms with van der Waals surface area (Å²) in [6.07, 6.45) is 1.11. The molecule has 0 spiro atoms. The number of hydrogen-bond acceptors (Lipinski definition) is 3. The third kappa shape index (κ3) is 3.05. The third-order valence-electron chi connectivity index (χ3n) is 2.88. The third-order valence-corrected chi connectivity index (χ3v) is 4.11. The molecule has 0 saturated heterocycles. The van der Waals surface area contributed by atoms with E-state index in [1.54, 1.807) is 7.11 Å². The highest BCUT2D eigenvalue weighted by molar-refractivity contribution is 7.12. The zero-order valence-corrected chi connectivity index (χ0v) is 11.9. The number of thiophene rings is 1. The zero-order valence-electron chi connectivity index (χ0n) is 11.1. The monoisotopic (exact) mass is 261 g/mol. The summed E-state index contributed by atoms with van der Waals surface area (Å²) in [5.74, 6) is 0.905. The topological polar surface area (TPSA) is 21.3 Å². The van der Waals surface area contributed by atoms with Crippen LogP contribution in [-0.2, 0) is 13.0 Å². The van der Waals surface area contributed by atoms with Crippen molar-refractivity contribution < 1.29 is 4.74 Å². The number of hydrogen-bond donors (Lipinski definition) is 1. The molecular formula is C15H19NOS. The molecule has 0 unspecified atom stereocenters. The first-order chi connectivity index (χ1) is 8.72. The summed E-state index contributed by atoms with van der Waals surface area (Å²) < 4.78 is 5.38. The number of rotatable bonds is 5. The molecule has 0 atom stereocenters. The quantitative estimate of drug-likeness (QED) is 0.869. The fraction of sp³-hybridized carbons (Fsp3) is 0.333. The summed E-state index contributed by atoms with van der Waals surface area (Å²) in [6, 6.07) is 10.6. The number of nitrogens with one attached hydrogen (secondary N) is 1. The highest BCUT2D eigenvalue weighted by atomic mass is 32.1. The SMILES string of the molecule is CCc1ccc(CNc2ccc(C)cc2OC)s1. The first-order valence-corrected chi connectivity index (χ1v) is 7.00. The molecule has 0 saturated carbocycles. The molecule has 0 bridgehead atoms. The second-order valence-corrected chi connectivity index (χ2v) is 5.53. The van der Waals surface area contributed by atoms with Crippen LogP contribution < -0.4 is 10.1 Å². The molecule has 1 heterocycles. The Morgan fingerprint density at radius 2 is 1.94 bits per heavy atom. The van der Waals surface area contributed by atoms with Crippen LogP contribution >= 0.6 is 11.3 Å². The predicted molar refractivity (Wildman–Crippen MR) is 78.8 cm³/mol. The van der Waals surface area contributed by atoms with Gasteiger partial charge in [0.2, 0.25) is 0 Å². The minimum atomic E-state index is 0.851. The van der Waals surface area contributed by atoms with Crippen LogP contribution in [0.25, 0.3) is 0 Å². The van der Waals surface area contributed by atoms with Gasteiger partial charge in [-0.25, -0.2) is 0 Å². The van der Waals surface area contributed by atoms with Crippen LogP contribution in [0.2, 0.25) is 0 Å². The van der Waals surface area contributed by atoms with Gasteiger partial charge in [-0.2, -0.15) is 0 Å². The molecule has 18 heavy (non-hydrogen) atoms. The van der Waals surface area contributed by atoms with Crippen molar-refractivity contribution in [1.29, 1.82) is 0 Å². The van der Waals surface area contributed by atoms with E-state index in [0.29, 0.717) is 0 Å². The lowest BCUT2D eigenvalue weighted by molar-refractivity contribution is 0.416. The maximum absolute atomic E-state index is 5.38. The van der Waals surface area contributed by atoms with Crippen molar-refractivity contribution in [2.45, 2.75) is 26.8 Å². The van der Waals surface area contributed by atoms with Crippen LogP contribution in [0.4, 0.5) is 5.69 Å². The zero-order chi connectivity index (χ0) is 13.0. The summed E-state index contributed by atoms with van der Waals surface area (Å²) in [7, 11) is 1.71. The maximum atomic E-state index is 5.38. The van der Waals surface area contributed by atoms with Gasteiger partial charge in [0.1, 0.15) is 5.75 Å². The van der Waals surface area contributed by atoms with Crippen molar-refractivity contribution in [2.24, 2.45) is 0 Å². The van der Waals surface area contributed by atoms with Crippen molar-refractivity contribution in [1.82, 2.24) is 0 Å². The lowest BCUT2D eigenvalue weighted by Gasteiger charge is -2.11. The van der Waals surface area contributed by atoms with Gasteiger partial charge in [0.25, 0.3) is 0 Å². The second kappa shape index (κ2) is 5.91. The molecule has 0 aliphatic heterocycles. The number of methoxy groups -OCH3 is 1. The smallest absolute Gasteiger partial charge is 0.142 e. The normalized spacial score (nSPS) is 10.4. The fourth-order valence-electron chi connectivity index (χ4n) is 1.83. The van der Waals surface area contributed by atoms with Gasteiger partial charge in [-0.05, 0) is 43.2 Å². The summed E-state index contributed by atoms with van der Waals surface area (Å²) in [5, 5.41) is 3.43. The van der Waals surface area contributed by atoms with Crippen LogP contribution in [0.5, 0.6) is 5.75 Å². The van der Waals surface area contributed by atoms with Crippen molar-refractivity contribution in [3.05, 3.63) is 45.6 Å². The predicted octanol–water partition coefficient (Wildman–Crippen LogP) is 4.24. The van der Waals surface area contributed by atoms with E-state index in [0.717, 1.165) is 24.4 Å². The average Bonchev–Trinajstić information content (AvgIpc) is 2.85. The Hall–Kier alpha value is -1.48. The Balaban J connectivity index is 2.05. The molecule has 3 heteroatoms. The van der Waals surface area contributed by atoms with Crippen molar-refractivity contribution in [3.8, 4) is 5.75 Å². The molecule has 1 aromatic heterocycles. The molecule has 0 aliphatic rings. The molecule has 0 radical (unpaired) electrons. The second-order valence-electron chi connectivity index (χ2n) is 4.28. The number of aryl methyl sites for hydroxylation is 2. The molecular weight excluding hydrogens is 242 g/mol. The van der Waals surface area contributed by atoms with Gasteiger partial charge in [-0.15, -0.1) is 11.3 Å². The number of anilines is 1. The Kier molecular flexibility index (Phi) is 4.26. The van der Waals surface area contributed by atoms with Crippen molar-refractivity contribution >= 4 is 17.0 Å². The van der Waals surface area contributed by atoms with E-state index in [1.807, 2.05) is 17.4 Å². The molecule has 2 aromatic rings. The van der Waals surface area contributed by atoms with Gasteiger partial charge in [0.15, 0.2) is 0 Å². The fourth-order valence-corrected chi connectivity index (χ4v) is 2.73. The van der Waals surface area contributed by atoms with Crippen molar-refractivity contribution in [2.75, 3.05) is 12.4 Å². The molecule has 2 rings (SSSR count). The van der Waals surface area contributed by atoms with E-state index < -0.39 is 0 Å². The molecule has 1 aromatic carbocycles. The average molecular weight is 261 g/mol. The standard InChI is InChI=1S/C15H19NOS/c1-4-12-6-7-13(18-12)10-16-14-8-5-11(2)9-15(14)17-3/h5-9,16H,4,10H2,1-3H3. The van der Waals surface area contributed by atoms with Gasteiger partial charge in [-0.3, -0.25) is 0 Å². The van der Waals surface area contributed by atoms with Gasteiger partial charge in [0.05, 0.1) is 12.8 Å². The van der Waals surface area contributed by atoms with E-state index in [4.69, 9.17) is 4.74 Å². The minimum absolute atomic E-state index is 0.851. The van der Waals surface area contributed by atoms with E-state index in [9.17, 15) is 0 Å². The maximum Gasteiger partial charge on any atom is 0.142 e. The molecule has 1 N–H and O–H groups in total. The van der Waals surface area contributed by atoms with E-state index in [2.05, 4.69) is 43.4 Å². The largest absolute Gasteiger partial charge is 0.495 e. The first kappa shape index (κ1) is 13.0. The molecule has 2 nitrogen and oxygen atoms in total. The van der Waals surface area contributed by atoms with E-state index >= 15 is 0 Å². The Morgan fingerprint density at radius 1 is 1.17 bits per heavy atom. The van der Waals surface area contributed by atoms with Crippen LogP contribution in [0, 0.1) is 6.92 Å². The Labute approximate surface area is 113 Å². The lowest BCUT2D eigenvalue weighted by atomic mass is 10.2. The molecule has 0 amide bonds. The van der Waals surface area contributed by atoms with Gasteiger partial charge in [0, 0.05) is 16.3 Å². The van der Waals surface area contributed by atoms with Crippen LogP contribution in [0.3, 0.4) is 0 Å². The van der Waals surface area contributed by atoms with E-state index in [1.165, 1.54) is 15.3 Å². The Morgan fingerprint density at radius 3 is 2.61 bits per heavy atom. The summed E-state index contributed by atoms with van der Waals surface area (Å²) in [6.45, 7) is 5.11. The number of benzene rings is 1. The highest BCUT2D eigenvalue weighted by Crippen LogP contribution is 2.26. The van der Waals surface area contributed by atoms with Gasteiger partial charge in [-0.1, -0.05) is 13.0 Å². The summed E-state index contributed by atoms with van der Waals surface area (Å²) in [4.78, 5) is 2.79. The lowest BCUT2D eigenvalue weighted by Crippen LogP contribution is -2.00.